The largest absolute Gasteiger partial charge is 0.473 e. The zero-order chi connectivity index (χ0) is 19.1. The van der Waals surface area contributed by atoms with Crippen molar-refractivity contribution in [3.8, 4) is 0 Å². The Morgan fingerprint density at radius 3 is 1.85 bits per heavy atom. The number of hydrogen-bond acceptors (Lipinski definition) is 4. The molecule has 0 aromatic heterocycles. The molecular weight excluding hydrogens is 343 g/mol. The Morgan fingerprint density at radius 2 is 1.38 bits per heavy atom. The number of amides is 1. The molecule has 1 heterocycles. The summed E-state index contributed by atoms with van der Waals surface area (Å²) in [6.07, 6.45) is 5.32. The minimum absolute atomic E-state index is 0.0241. The van der Waals surface area contributed by atoms with Gasteiger partial charge in [0, 0.05) is 37.8 Å². The second-order valence-electron chi connectivity index (χ2n) is 6.38. The van der Waals surface area contributed by atoms with Gasteiger partial charge in [-0.1, -0.05) is 12.8 Å². The molecule has 26 heavy (non-hydrogen) atoms. The summed E-state index contributed by atoms with van der Waals surface area (Å²) in [4.78, 5) is 34.9. The van der Waals surface area contributed by atoms with Gasteiger partial charge in [-0.2, -0.15) is 0 Å². The molecule has 142 valence electrons. The van der Waals surface area contributed by atoms with E-state index in [9.17, 15) is 9.18 Å². The van der Waals surface area contributed by atoms with Gasteiger partial charge >= 0.3 is 11.9 Å². The van der Waals surface area contributed by atoms with E-state index in [2.05, 4.69) is 4.90 Å². The van der Waals surface area contributed by atoms with Gasteiger partial charge in [0.25, 0.3) is 5.91 Å². The maximum Gasteiger partial charge on any atom is 0.414 e. The predicted molar refractivity (Wildman–Crippen MR) is 91.4 cm³/mol. The van der Waals surface area contributed by atoms with E-state index in [0.29, 0.717) is 5.56 Å². The fraction of sp³-hybridized carbons (Fsp3) is 0.500. The van der Waals surface area contributed by atoms with Crippen LogP contribution < -0.4 is 0 Å². The highest BCUT2D eigenvalue weighted by atomic mass is 19.1. The van der Waals surface area contributed by atoms with Gasteiger partial charge in [0.1, 0.15) is 5.82 Å². The topological polar surface area (TPSA) is 98.1 Å². The van der Waals surface area contributed by atoms with Crippen LogP contribution in [0.15, 0.2) is 24.3 Å². The van der Waals surface area contributed by atoms with Gasteiger partial charge in [-0.3, -0.25) is 9.69 Å². The summed E-state index contributed by atoms with van der Waals surface area (Å²) < 4.78 is 12.9. The Kier molecular flexibility index (Phi) is 7.08. The van der Waals surface area contributed by atoms with E-state index in [1.807, 2.05) is 4.90 Å². The van der Waals surface area contributed by atoms with Gasteiger partial charge in [0.05, 0.1) is 0 Å². The van der Waals surface area contributed by atoms with E-state index in [1.165, 1.54) is 37.8 Å². The molecule has 1 amide bonds. The molecule has 1 saturated heterocycles. The fourth-order valence-corrected chi connectivity index (χ4v) is 3.33. The minimum atomic E-state index is -1.82. The van der Waals surface area contributed by atoms with Gasteiger partial charge in [0.15, 0.2) is 0 Å². The lowest BCUT2D eigenvalue weighted by Gasteiger charge is -2.38. The molecule has 1 aromatic rings. The van der Waals surface area contributed by atoms with Crippen LogP contribution in [0.5, 0.6) is 0 Å². The Morgan fingerprint density at radius 1 is 0.885 bits per heavy atom. The summed E-state index contributed by atoms with van der Waals surface area (Å²) in [6.45, 7) is 3.51. The normalized spacial score (nSPS) is 18.1. The average molecular weight is 366 g/mol. The highest BCUT2D eigenvalue weighted by Gasteiger charge is 2.28. The van der Waals surface area contributed by atoms with E-state index in [-0.39, 0.29) is 11.7 Å². The molecular formula is C18H23FN2O5. The number of benzene rings is 1. The summed E-state index contributed by atoms with van der Waals surface area (Å²) >= 11 is 0. The molecule has 0 spiro atoms. The molecule has 2 N–H and O–H groups in total. The minimum Gasteiger partial charge on any atom is -0.473 e. The number of halogens is 1. The number of hydrogen-bond donors (Lipinski definition) is 2. The monoisotopic (exact) mass is 366 g/mol. The van der Waals surface area contributed by atoms with Crippen LogP contribution in [0.25, 0.3) is 0 Å². The van der Waals surface area contributed by atoms with E-state index in [0.717, 1.165) is 32.2 Å². The molecule has 1 aliphatic carbocycles. The number of rotatable bonds is 2. The molecule has 3 rings (SSSR count). The van der Waals surface area contributed by atoms with Gasteiger partial charge in [0.2, 0.25) is 0 Å². The number of carbonyl (C=O) groups excluding carboxylic acids is 1. The molecule has 0 atom stereocenters. The maximum atomic E-state index is 12.9. The summed E-state index contributed by atoms with van der Waals surface area (Å²) in [5.74, 6) is -3.92. The van der Waals surface area contributed by atoms with E-state index >= 15 is 0 Å². The smallest absolute Gasteiger partial charge is 0.414 e. The van der Waals surface area contributed by atoms with Crippen LogP contribution in [-0.2, 0) is 9.59 Å². The van der Waals surface area contributed by atoms with Crippen LogP contribution in [0.3, 0.4) is 0 Å². The van der Waals surface area contributed by atoms with Gasteiger partial charge < -0.3 is 15.1 Å². The molecule has 2 aliphatic rings. The molecule has 1 aromatic carbocycles. The second-order valence-corrected chi connectivity index (χ2v) is 6.38. The van der Waals surface area contributed by atoms with Crippen molar-refractivity contribution in [2.24, 2.45) is 0 Å². The molecule has 7 nitrogen and oxygen atoms in total. The van der Waals surface area contributed by atoms with Crippen molar-refractivity contribution < 1.29 is 29.0 Å². The van der Waals surface area contributed by atoms with E-state index in [4.69, 9.17) is 19.8 Å². The Labute approximate surface area is 151 Å². The number of carboxylic acid groups (broad SMARTS) is 2. The Hall–Kier alpha value is -2.48. The Bertz CT molecular complexity index is 623. The summed E-state index contributed by atoms with van der Waals surface area (Å²) in [5, 5.41) is 14.8. The molecule has 8 heteroatoms. The van der Waals surface area contributed by atoms with Crippen LogP contribution in [0.2, 0.25) is 0 Å². The average Bonchev–Trinajstić information content (AvgIpc) is 3.17. The van der Waals surface area contributed by atoms with Gasteiger partial charge in [-0.05, 0) is 37.1 Å². The van der Waals surface area contributed by atoms with E-state index in [1.54, 1.807) is 12.1 Å². The summed E-state index contributed by atoms with van der Waals surface area (Å²) in [7, 11) is 0. The molecule has 1 aliphatic heterocycles. The van der Waals surface area contributed by atoms with Crippen molar-refractivity contribution in [2.45, 2.75) is 31.7 Å². The summed E-state index contributed by atoms with van der Waals surface area (Å²) in [6, 6.07) is 6.57. The first-order chi connectivity index (χ1) is 12.4. The van der Waals surface area contributed by atoms with Gasteiger partial charge in [-0.15, -0.1) is 0 Å². The van der Waals surface area contributed by atoms with Crippen molar-refractivity contribution >= 4 is 17.8 Å². The number of carbonyl (C=O) groups is 3. The SMILES string of the molecule is O=C(O)C(=O)O.O=C(c1ccc(F)cc1)N1CCN(C2CCCC2)CC1. The van der Waals surface area contributed by atoms with Crippen LogP contribution in [0, 0.1) is 5.82 Å². The number of aliphatic carboxylic acids is 2. The molecule has 0 bridgehead atoms. The highest BCUT2D eigenvalue weighted by molar-refractivity contribution is 6.27. The first kappa shape index (κ1) is 19.8. The molecule has 1 saturated carbocycles. The van der Waals surface area contributed by atoms with Crippen molar-refractivity contribution in [3.63, 3.8) is 0 Å². The Balaban J connectivity index is 0.000000352. The second kappa shape index (κ2) is 9.28. The third-order valence-corrected chi connectivity index (χ3v) is 4.72. The lowest BCUT2D eigenvalue weighted by molar-refractivity contribution is -0.159. The molecule has 0 unspecified atom stereocenters. The first-order valence-electron chi connectivity index (χ1n) is 8.63. The molecule has 2 fully saturated rings. The quantitative estimate of drug-likeness (QED) is 0.773. The predicted octanol–water partition coefficient (Wildman–Crippen LogP) is 1.68. The summed E-state index contributed by atoms with van der Waals surface area (Å²) in [5.41, 5.74) is 0.584. The first-order valence-corrected chi connectivity index (χ1v) is 8.63. The number of piperazine rings is 1. The maximum absolute atomic E-state index is 12.9. The van der Waals surface area contributed by atoms with Gasteiger partial charge in [-0.25, -0.2) is 14.0 Å². The molecule has 0 radical (unpaired) electrons. The third-order valence-electron chi connectivity index (χ3n) is 4.72. The van der Waals surface area contributed by atoms with Crippen molar-refractivity contribution in [3.05, 3.63) is 35.6 Å². The van der Waals surface area contributed by atoms with Crippen molar-refractivity contribution in [1.29, 1.82) is 0 Å². The van der Waals surface area contributed by atoms with Crippen LogP contribution in [0.1, 0.15) is 36.0 Å². The third kappa shape index (κ3) is 5.52. The zero-order valence-corrected chi connectivity index (χ0v) is 14.4. The van der Waals surface area contributed by atoms with Crippen LogP contribution in [-0.4, -0.2) is 70.1 Å². The van der Waals surface area contributed by atoms with Crippen LogP contribution in [0.4, 0.5) is 4.39 Å². The lowest BCUT2D eigenvalue weighted by Crippen LogP contribution is -2.51. The fourth-order valence-electron chi connectivity index (χ4n) is 3.33. The number of carboxylic acids is 2. The number of nitrogens with zero attached hydrogens (tertiary/aromatic N) is 2. The van der Waals surface area contributed by atoms with Crippen molar-refractivity contribution in [1.82, 2.24) is 9.80 Å². The highest BCUT2D eigenvalue weighted by Crippen LogP contribution is 2.24. The zero-order valence-electron chi connectivity index (χ0n) is 14.4. The standard InChI is InChI=1S/C16H21FN2O.C2H2O4/c17-14-7-5-13(6-8-14)16(20)19-11-9-18(10-12-19)15-3-1-2-4-15;3-1(4)2(5)6/h5-8,15H,1-4,9-12H2;(H,3,4)(H,5,6). The van der Waals surface area contributed by atoms with Crippen molar-refractivity contribution in [2.75, 3.05) is 26.2 Å². The van der Waals surface area contributed by atoms with E-state index < -0.39 is 11.9 Å². The lowest BCUT2D eigenvalue weighted by atomic mass is 10.1. The van der Waals surface area contributed by atoms with Crippen LogP contribution >= 0.6 is 0 Å².